The van der Waals surface area contributed by atoms with E-state index in [9.17, 15) is 24.9 Å². The van der Waals surface area contributed by atoms with Gasteiger partial charge in [-0.2, -0.15) is 0 Å². The summed E-state index contributed by atoms with van der Waals surface area (Å²) >= 11 is 0. The molecule has 0 radical (unpaired) electrons. The van der Waals surface area contributed by atoms with Crippen molar-refractivity contribution in [3.8, 4) is 0 Å². The number of hydrogen-bond donors (Lipinski definition) is 4. The van der Waals surface area contributed by atoms with E-state index < -0.39 is 23.4 Å². The molecule has 142 valence electrons. The molecule has 9 nitrogen and oxygen atoms in total. The van der Waals surface area contributed by atoms with Crippen LogP contribution in [0.25, 0.3) is 21.9 Å². The van der Waals surface area contributed by atoms with E-state index in [-0.39, 0.29) is 16.7 Å². The van der Waals surface area contributed by atoms with Gasteiger partial charge in [-0.3, -0.25) is 15.1 Å². The maximum atomic E-state index is 12.5. The van der Waals surface area contributed by atoms with Crippen molar-refractivity contribution >= 4 is 33.5 Å². The van der Waals surface area contributed by atoms with E-state index in [1.165, 1.54) is 19.2 Å². The molecular weight excluding hydrogens is 356 g/mol. The maximum absolute atomic E-state index is 12.5. The minimum atomic E-state index is -1.82. The Bertz CT molecular complexity index is 1090. The van der Waals surface area contributed by atoms with Crippen molar-refractivity contribution in [3.63, 3.8) is 0 Å². The molecule has 0 aliphatic heterocycles. The lowest BCUT2D eigenvalue weighted by Gasteiger charge is -2.15. The number of nitrogens with one attached hydrogen (secondary N) is 1. The summed E-state index contributed by atoms with van der Waals surface area (Å²) in [4.78, 5) is 33.0. The van der Waals surface area contributed by atoms with Crippen molar-refractivity contribution < 1.29 is 29.4 Å². The Morgan fingerprint density at radius 1 is 1.30 bits per heavy atom. The average Bonchev–Trinajstić information content (AvgIpc) is 2.62. The van der Waals surface area contributed by atoms with Crippen LogP contribution in [0.1, 0.15) is 41.4 Å². The van der Waals surface area contributed by atoms with Crippen LogP contribution in [0.15, 0.2) is 27.4 Å². The van der Waals surface area contributed by atoms with Gasteiger partial charge in [0.05, 0.1) is 29.4 Å². The quantitative estimate of drug-likeness (QED) is 0.289. The van der Waals surface area contributed by atoms with Gasteiger partial charge in [0.1, 0.15) is 5.58 Å². The molecular formula is C18H18N2O7. The van der Waals surface area contributed by atoms with Crippen LogP contribution < -0.4 is 10.9 Å². The lowest BCUT2D eigenvalue weighted by molar-refractivity contribution is -0.0455. The zero-order chi connectivity index (χ0) is 19.7. The number of pyridine rings is 1. The fourth-order valence-electron chi connectivity index (χ4n) is 2.98. The molecule has 0 amide bonds. The largest absolute Gasteiger partial charge is 0.475 e. The predicted molar refractivity (Wildman–Crippen MR) is 96.5 cm³/mol. The number of fused-ring (bicyclic) bond motifs is 2. The summed E-state index contributed by atoms with van der Waals surface area (Å²) in [7, 11) is 1.39. The highest BCUT2D eigenvalue weighted by atomic mass is 16.6. The van der Waals surface area contributed by atoms with E-state index in [4.69, 9.17) is 9.25 Å². The van der Waals surface area contributed by atoms with Crippen molar-refractivity contribution in [3.05, 3.63) is 45.4 Å². The Balaban J connectivity index is 2.52. The van der Waals surface area contributed by atoms with Crippen molar-refractivity contribution in [2.45, 2.75) is 26.1 Å². The Morgan fingerprint density at radius 2 is 2.04 bits per heavy atom. The smallest absolute Gasteiger partial charge is 0.371 e. The van der Waals surface area contributed by atoms with E-state index >= 15 is 0 Å². The molecule has 0 aliphatic carbocycles. The summed E-state index contributed by atoms with van der Waals surface area (Å²) in [5, 5.41) is 29.0. The lowest BCUT2D eigenvalue weighted by Crippen LogP contribution is -2.10. The van der Waals surface area contributed by atoms with E-state index in [1.54, 1.807) is 0 Å². The van der Waals surface area contributed by atoms with Crippen LogP contribution in [-0.4, -0.2) is 33.4 Å². The Morgan fingerprint density at radius 3 is 2.63 bits per heavy atom. The van der Waals surface area contributed by atoms with Crippen molar-refractivity contribution in [1.82, 2.24) is 4.98 Å². The van der Waals surface area contributed by atoms with Gasteiger partial charge in [-0.25, -0.2) is 9.78 Å². The van der Waals surface area contributed by atoms with Gasteiger partial charge in [0.15, 0.2) is 11.7 Å². The third-order valence-corrected chi connectivity index (χ3v) is 4.10. The molecule has 0 aliphatic rings. The number of carboxylic acids is 1. The number of aromatic nitrogens is 1. The molecule has 2 heterocycles. The number of hydrogen-bond acceptors (Lipinski definition) is 8. The van der Waals surface area contributed by atoms with Crippen LogP contribution in [0.5, 0.6) is 0 Å². The zero-order valence-electron chi connectivity index (χ0n) is 14.6. The number of anilines is 1. The second-order valence-electron chi connectivity index (χ2n) is 5.93. The van der Waals surface area contributed by atoms with Crippen LogP contribution in [0.2, 0.25) is 0 Å². The number of aryl methyl sites for hydroxylation is 1. The van der Waals surface area contributed by atoms with Gasteiger partial charge in [-0.05, 0) is 18.6 Å². The highest BCUT2D eigenvalue weighted by Gasteiger charge is 2.20. The Kier molecular flexibility index (Phi) is 5.08. The topological polar surface area (TPSA) is 142 Å². The summed E-state index contributed by atoms with van der Waals surface area (Å²) in [6.45, 7) is 1.91. The second kappa shape index (κ2) is 7.31. The summed E-state index contributed by atoms with van der Waals surface area (Å²) in [5.74, 6) is -1.83. The predicted octanol–water partition coefficient (Wildman–Crippen LogP) is 1.95. The average molecular weight is 374 g/mol. The molecule has 3 aromatic rings. The monoisotopic (exact) mass is 374 g/mol. The first-order valence-electron chi connectivity index (χ1n) is 8.20. The fraction of sp³-hybridized carbons (Fsp3) is 0.278. The number of carbonyl (C=O) groups is 1. The number of rotatable bonds is 6. The minimum absolute atomic E-state index is 0.0320. The van der Waals surface area contributed by atoms with E-state index in [0.717, 1.165) is 6.07 Å². The van der Waals surface area contributed by atoms with Crippen LogP contribution in [0.4, 0.5) is 5.69 Å². The van der Waals surface area contributed by atoms with Crippen molar-refractivity contribution in [2.24, 2.45) is 0 Å². The van der Waals surface area contributed by atoms with Crippen LogP contribution in [0, 0.1) is 0 Å². The molecule has 2 aromatic heterocycles. The number of carboxylic acid groups (broad SMARTS) is 1. The number of nitrogens with zero attached hydrogens (tertiary/aromatic N) is 1. The molecule has 27 heavy (non-hydrogen) atoms. The molecule has 0 unspecified atom stereocenters. The highest BCUT2D eigenvalue weighted by molar-refractivity contribution is 6.03. The summed E-state index contributed by atoms with van der Waals surface area (Å²) in [6, 6.07) is 3.84. The standard InChI is InChI=1S/C18H18N2O7/c1-3-4-8-15-9(11(20-26-2)6-12(19-15)17(22)23)5-10-13(21)7-14(18(24)25)27-16(8)10/h5-7,17,22-23H,3-4H2,1-2H3,(H,19,20)(H,24,25). The summed E-state index contributed by atoms with van der Waals surface area (Å²) < 4.78 is 5.48. The molecule has 9 heteroatoms. The normalized spacial score (nSPS) is 11.4. The third kappa shape index (κ3) is 3.35. The molecule has 3 rings (SSSR count). The highest BCUT2D eigenvalue weighted by Crippen LogP contribution is 2.33. The van der Waals surface area contributed by atoms with Gasteiger partial charge in [0.2, 0.25) is 5.76 Å². The van der Waals surface area contributed by atoms with Crippen LogP contribution in [0.3, 0.4) is 0 Å². The van der Waals surface area contributed by atoms with Crippen LogP contribution >= 0.6 is 0 Å². The Labute approximate surface area is 152 Å². The Hall–Kier alpha value is -3.01. The summed E-state index contributed by atoms with van der Waals surface area (Å²) in [5.41, 5.74) is 3.48. The number of aliphatic hydroxyl groups is 2. The third-order valence-electron chi connectivity index (χ3n) is 4.10. The van der Waals surface area contributed by atoms with Crippen molar-refractivity contribution in [1.29, 1.82) is 0 Å². The molecule has 0 saturated carbocycles. The van der Waals surface area contributed by atoms with E-state index in [2.05, 4.69) is 10.5 Å². The van der Waals surface area contributed by atoms with E-state index in [1.807, 2.05) is 6.92 Å². The number of aliphatic hydroxyl groups excluding tert-OH is 1. The van der Waals surface area contributed by atoms with Gasteiger partial charge < -0.3 is 19.7 Å². The lowest BCUT2D eigenvalue weighted by atomic mass is 9.99. The maximum Gasteiger partial charge on any atom is 0.371 e. The van der Waals surface area contributed by atoms with Crippen LogP contribution in [-0.2, 0) is 11.3 Å². The SMILES string of the molecule is CCCc1c2nc(C(O)O)cc(NOC)c2cc2c(=O)cc(C(=O)O)oc12. The molecule has 0 fully saturated rings. The first-order valence-corrected chi connectivity index (χ1v) is 8.20. The second-order valence-corrected chi connectivity index (χ2v) is 5.93. The first-order chi connectivity index (χ1) is 12.9. The van der Waals surface area contributed by atoms with Gasteiger partial charge in [-0.1, -0.05) is 13.3 Å². The van der Waals surface area contributed by atoms with Gasteiger partial charge in [0.25, 0.3) is 0 Å². The zero-order valence-corrected chi connectivity index (χ0v) is 14.6. The first kappa shape index (κ1) is 18.8. The molecule has 0 atom stereocenters. The number of aromatic carboxylic acids is 1. The fourth-order valence-corrected chi connectivity index (χ4v) is 2.98. The molecule has 0 spiro atoms. The van der Waals surface area contributed by atoms with Crippen molar-refractivity contribution in [2.75, 3.05) is 12.6 Å². The minimum Gasteiger partial charge on any atom is -0.475 e. The molecule has 1 aromatic carbocycles. The molecule has 0 saturated heterocycles. The van der Waals surface area contributed by atoms with Gasteiger partial charge in [0, 0.05) is 17.0 Å². The van der Waals surface area contributed by atoms with Gasteiger partial charge >= 0.3 is 5.97 Å². The van der Waals surface area contributed by atoms with Gasteiger partial charge in [-0.15, -0.1) is 0 Å². The molecule has 4 N–H and O–H groups in total. The molecule has 0 bridgehead atoms. The number of benzene rings is 1. The summed E-state index contributed by atoms with van der Waals surface area (Å²) in [6.07, 6.45) is -0.727. The van der Waals surface area contributed by atoms with E-state index in [0.29, 0.717) is 35.0 Å².